The van der Waals surface area contributed by atoms with Crippen molar-refractivity contribution in [2.75, 3.05) is 18.4 Å². The highest BCUT2D eigenvalue weighted by Gasteiger charge is 2.34. The number of primary amides is 1. The van der Waals surface area contributed by atoms with Gasteiger partial charge in [0.05, 0.1) is 30.4 Å². The van der Waals surface area contributed by atoms with Gasteiger partial charge in [0.15, 0.2) is 5.13 Å². The number of amides is 2. The monoisotopic (exact) mass is 354 g/mol. The van der Waals surface area contributed by atoms with Gasteiger partial charge in [0.25, 0.3) is 0 Å². The van der Waals surface area contributed by atoms with Gasteiger partial charge in [-0.15, -0.1) is 11.3 Å². The number of carbonyl (C=O) groups excluding carboxylic acids is 2. The van der Waals surface area contributed by atoms with Crippen molar-refractivity contribution in [2.45, 2.75) is 52.4 Å². The normalized spacial score (nSPS) is 23.2. The van der Waals surface area contributed by atoms with Gasteiger partial charge >= 0.3 is 0 Å². The molecule has 3 atom stereocenters. The number of thiazole rings is 1. The Bertz CT molecular complexity index is 580. The molecule has 134 valence electrons. The summed E-state index contributed by atoms with van der Waals surface area (Å²) in [7, 11) is 0. The van der Waals surface area contributed by atoms with Crippen LogP contribution in [0.15, 0.2) is 5.38 Å². The van der Waals surface area contributed by atoms with Gasteiger partial charge in [0, 0.05) is 18.5 Å². The number of ether oxygens (including phenoxy) is 1. The maximum absolute atomic E-state index is 12.8. The van der Waals surface area contributed by atoms with Gasteiger partial charge < -0.3 is 15.8 Å². The van der Waals surface area contributed by atoms with E-state index in [0.717, 1.165) is 13.1 Å². The van der Waals surface area contributed by atoms with E-state index in [-0.39, 0.29) is 36.5 Å². The molecular formula is C16H26N4O3S. The van der Waals surface area contributed by atoms with E-state index in [1.54, 1.807) is 5.38 Å². The Balaban J connectivity index is 2.06. The van der Waals surface area contributed by atoms with E-state index in [1.807, 2.05) is 27.7 Å². The molecule has 1 aromatic rings. The number of morpholine rings is 1. The topological polar surface area (TPSA) is 97.6 Å². The zero-order valence-electron chi connectivity index (χ0n) is 14.6. The fraction of sp³-hybridized carbons (Fsp3) is 0.688. The first-order valence-electron chi connectivity index (χ1n) is 8.19. The molecule has 0 aliphatic carbocycles. The number of nitrogens with one attached hydrogen (secondary N) is 1. The summed E-state index contributed by atoms with van der Waals surface area (Å²) >= 11 is 1.30. The van der Waals surface area contributed by atoms with E-state index in [1.165, 1.54) is 11.3 Å². The molecule has 0 spiro atoms. The zero-order chi connectivity index (χ0) is 17.9. The van der Waals surface area contributed by atoms with Crippen LogP contribution in [0.1, 0.15) is 33.4 Å². The quantitative estimate of drug-likeness (QED) is 0.801. The van der Waals surface area contributed by atoms with E-state index < -0.39 is 5.91 Å². The molecule has 24 heavy (non-hydrogen) atoms. The second-order valence-electron chi connectivity index (χ2n) is 6.68. The summed E-state index contributed by atoms with van der Waals surface area (Å²) in [6.45, 7) is 9.57. The van der Waals surface area contributed by atoms with Gasteiger partial charge in [-0.25, -0.2) is 4.98 Å². The van der Waals surface area contributed by atoms with Crippen LogP contribution in [0.2, 0.25) is 0 Å². The highest BCUT2D eigenvalue weighted by atomic mass is 32.1. The molecule has 1 aromatic heterocycles. The number of nitrogens with two attached hydrogens (primary N) is 1. The summed E-state index contributed by atoms with van der Waals surface area (Å²) < 4.78 is 5.76. The molecule has 8 heteroatoms. The van der Waals surface area contributed by atoms with Gasteiger partial charge in [0.2, 0.25) is 11.8 Å². The second kappa shape index (κ2) is 8.04. The molecule has 2 rings (SSSR count). The van der Waals surface area contributed by atoms with Crippen LogP contribution in [0, 0.1) is 5.92 Å². The minimum atomic E-state index is -0.436. The smallest absolute Gasteiger partial charge is 0.243 e. The van der Waals surface area contributed by atoms with Crippen LogP contribution < -0.4 is 11.1 Å². The number of hydrogen-bond donors (Lipinski definition) is 2. The summed E-state index contributed by atoms with van der Waals surface area (Å²) in [5.74, 6) is -0.353. The first-order valence-corrected chi connectivity index (χ1v) is 9.07. The SMILES string of the molecule is CC(C)[C@@H](C(=O)Nc1nc(CC(N)=O)cs1)N1C[C@@H](C)O[C@@H](C)C1. The number of hydrogen-bond acceptors (Lipinski definition) is 6. The zero-order valence-corrected chi connectivity index (χ0v) is 15.4. The van der Waals surface area contributed by atoms with Crippen molar-refractivity contribution in [3.63, 3.8) is 0 Å². The largest absolute Gasteiger partial charge is 0.373 e. The van der Waals surface area contributed by atoms with Crippen LogP contribution in [0.4, 0.5) is 5.13 Å². The first kappa shape index (κ1) is 18.8. The van der Waals surface area contributed by atoms with Gasteiger partial charge in [-0.2, -0.15) is 0 Å². The van der Waals surface area contributed by atoms with E-state index in [4.69, 9.17) is 10.5 Å². The van der Waals surface area contributed by atoms with Gasteiger partial charge in [-0.05, 0) is 19.8 Å². The Morgan fingerprint density at radius 3 is 2.58 bits per heavy atom. The Kier molecular flexibility index (Phi) is 6.31. The lowest BCUT2D eigenvalue weighted by Crippen LogP contribution is -2.55. The summed E-state index contributed by atoms with van der Waals surface area (Å²) in [5, 5.41) is 5.11. The van der Waals surface area contributed by atoms with Crippen molar-refractivity contribution in [1.82, 2.24) is 9.88 Å². The summed E-state index contributed by atoms with van der Waals surface area (Å²) in [4.78, 5) is 30.2. The van der Waals surface area contributed by atoms with Crippen LogP contribution in [-0.4, -0.2) is 53.0 Å². The van der Waals surface area contributed by atoms with Crippen LogP contribution in [-0.2, 0) is 20.7 Å². The maximum Gasteiger partial charge on any atom is 0.243 e. The third kappa shape index (κ3) is 4.99. The van der Waals surface area contributed by atoms with Crippen LogP contribution in [0.5, 0.6) is 0 Å². The van der Waals surface area contributed by atoms with E-state index in [0.29, 0.717) is 10.8 Å². The molecule has 0 saturated carbocycles. The molecule has 7 nitrogen and oxygen atoms in total. The van der Waals surface area contributed by atoms with Gasteiger partial charge in [0.1, 0.15) is 0 Å². The van der Waals surface area contributed by atoms with Crippen molar-refractivity contribution in [2.24, 2.45) is 11.7 Å². The molecule has 0 radical (unpaired) electrons. The van der Waals surface area contributed by atoms with E-state index >= 15 is 0 Å². The number of aromatic nitrogens is 1. The molecule has 0 aromatic carbocycles. The number of anilines is 1. The molecule has 2 amide bonds. The lowest BCUT2D eigenvalue weighted by molar-refractivity contribution is -0.130. The third-order valence-electron chi connectivity index (χ3n) is 3.88. The Morgan fingerprint density at radius 2 is 2.04 bits per heavy atom. The van der Waals surface area contributed by atoms with Crippen molar-refractivity contribution in [1.29, 1.82) is 0 Å². The molecule has 3 N–H and O–H groups in total. The lowest BCUT2D eigenvalue weighted by Gasteiger charge is -2.40. The highest BCUT2D eigenvalue weighted by molar-refractivity contribution is 7.13. The van der Waals surface area contributed by atoms with Crippen molar-refractivity contribution in [3.8, 4) is 0 Å². The molecule has 1 aliphatic heterocycles. The standard InChI is InChI=1S/C16H26N4O3S/c1-9(2)14(20-6-10(3)23-11(4)7-20)15(22)19-16-18-12(8-24-16)5-13(17)21/h8-11,14H,5-7H2,1-4H3,(H2,17,21)(H,18,19,22)/t10-,11+,14-/m0/s1. The fourth-order valence-electron chi connectivity index (χ4n) is 3.14. The minimum Gasteiger partial charge on any atom is -0.373 e. The van der Waals surface area contributed by atoms with E-state index in [2.05, 4.69) is 15.2 Å². The molecular weight excluding hydrogens is 328 g/mol. The third-order valence-corrected chi connectivity index (χ3v) is 4.69. The number of nitrogens with zero attached hydrogens (tertiary/aromatic N) is 2. The molecule has 1 aliphatic rings. The molecule has 1 saturated heterocycles. The number of rotatable bonds is 6. The Labute approximate surface area is 146 Å². The summed E-state index contributed by atoms with van der Waals surface area (Å²) in [6, 6.07) is -0.248. The molecule has 2 heterocycles. The minimum absolute atomic E-state index is 0.0775. The second-order valence-corrected chi connectivity index (χ2v) is 7.53. The summed E-state index contributed by atoms with van der Waals surface area (Å²) in [6.07, 6.45) is 0.285. The van der Waals surface area contributed by atoms with Crippen molar-refractivity contribution >= 4 is 28.3 Å². The van der Waals surface area contributed by atoms with Gasteiger partial charge in [-0.3, -0.25) is 14.5 Å². The highest BCUT2D eigenvalue weighted by Crippen LogP contribution is 2.21. The van der Waals surface area contributed by atoms with Crippen molar-refractivity contribution < 1.29 is 14.3 Å². The average molecular weight is 354 g/mol. The van der Waals surface area contributed by atoms with Crippen molar-refractivity contribution in [3.05, 3.63) is 11.1 Å². The first-order chi connectivity index (χ1) is 11.3. The molecule has 0 unspecified atom stereocenters. The molecule has 0 bridgehead atoms. The lowest BCUT2D eigenvalue weighted by atomic mass is 10.00. The predicted molar refractivity (Wildman–Crippen MR) is 93.9 cm³/mol. The van der Waals surface area contributed by atoms with E-state index in [9.17, 15) is 9.59 Å². The van der Waals surface area contributed by atoms with Crippen LogP contribution >= 0.6 is 11.3 Å². The Morgan fingerprint density at radius 1 is 1.42 bits per heavy atom. The fourth-order valence-corrected chi connectivity index (χ4v) is 3.85. The summed E-state index contributed by atoms with van der Waals surface area (Å²) in [5.41, 5.74) is 5.75. The maximum atomic E-state index is 12.8. The van der Waals surface area contributed by atoms with Gasteiger partial charge in [-0.1, -0.05) is 13.8 Å². The number of carbonyl (C=O) groups is 2. The molecule has 1 fully saturated rings. The Hall–Kier alpha value is -1.51. The van der Waals surface area contributed by atoms with Crippen LogP contribution in [0.3, 0.4) is 0 Å². The predicted octanol–water partition coefficient (Wildman–Crippen LogP) is 1.24. The average Bonchev–Trinajstić information content (AvgIpc) is 2.83. The van der Waals surface area contributed by atoms with Crippen LogP contribution in [0.25, 0.3) is 0 Å².